The average Bonchev–Trinajstić information content (AvgIpc) is 2.65. The van der Waals surface area contributed by atoms with E-state index in [0.29, 0.717) is 6.04 Å². The fourth-order valence-electron chi connectivity index (χ4n) is 1.70. The fraction of sp³-hybridized carbons (Fsp3) is 0.545. The number of amides is 1. The zero-order valence-corrected chi connectivity index (χ0v) is 9.88. The summed E-state index contributed by atoms with van der Waals surface area (Å²) in [5.74, 6) is 0.210. The Kier molecular flexibility index (Phi) is 3.07. The monoisotopic (exact) mass is 224 g/mol. The van der Waals surface area contributed by atoms with Crippen LogP contribution in [0, 0.1) is 0 Å². The van der Waals surface area contributed by atoms with Crippen molar-refractivity contribution in [3.05, 3.63) is 22.4 Å². The van der Waals surface area contributed by atoms with Crippen molar-refractivity contribution in [1.29, 1.82) is 0 Å². The molecule has 1 atom stereocenters. The largest absolute Gasteiger partial charge is 0.340 e. The third-order valence-electron chi connectivity index (χ3n) is 3.07. The molecule has 1 amide bonds. The molecule has 0 spiro atoms. The lowest BCUT2D eigenvalue weighted by Crippen LogP contribution is -2.58. The van der Waals surface area contributed by atoms with Gasteiger partial charge < -0.3 is 10.2 Å². The summed E-state index contributed by atoms with van der Waals surface area (Å²) < 4.78 is 0. The molecule has 4 heteroatoms. The molecule has 1 fully saturated rings. The van der Waals surface area contributed by atoms with E-state index in [2.05, 4.69) is 10.7 Å². The van der Waals surface area contributed by atoms with Crippen molar-refractivity contribution in [2.75, 3.05) is 20.1 Å². The number of carbonyl (C=O) groups excluding carboxylic acids is 1. The highest BCUT2D eigenvalue weighted by molar-refractivity contribution is 7.08. The van der Waals surface area contributed by atoms with Crippen molar-refractivity contribution in [3.63, 3.8) is 0 Å². The smallest absolute Gasteiger partial charge is 0.229 e. The van der Waals surface area contributed by atoms with Gasteiger partial charge in [-0.05, 0) is 29.3 Å². The molecule has 1 aliphatic heterocycles. The number of nitrogens with one attached hydrogen (secondary N) is 1. The van der Waals surface area contributed by atoms with Gasteiger partial charge in [0.05, 0.1) is 12.0 Å². The molecular formula is C11H16N2OS. The SMILES string of the molecule is CC(C(=O)N(C)C1CNC1)c1ccsc1. The molecule has 1 aromatic rings. The third kappa shape index (κ3) is 2.06. The molecule has 0 bridgehead atoms. The Morgan fingerprint density at radius 2 is 2.40 bits per heavy atom. The van der Waals surface area contributed by atoms with E-state index in [-0.39, 0.29) is 11.8 Å². The van der Waals surface area contributed by atoms with E-state index < -0.39 is 0 Å². The van der Waals surface area contributed by atoms with Crippen LogP contribution in [0.4, 0.5) is 0 Å². The standard InChI is InChI=1S/C11H16N2OS/c1-8(9-3-4-15-7-9)11(14)13(2)10-5-12-6-10/h3-4,7-8,10,12H,5-6H2,1-2H3. The van der Waals surface area contributed by atoms with Gasteiger partial charge in [-0.3, -0.25) is 4.79 Å². The number of nitrogens with zero attached hydrogens (tertiary/aromatic N) is 1. The lowest BCUT2D eigenvalue weighted by molar-refractivity contribution is -0.134. The summed E-state index contributed by atoms with van der Waals surface area (Å²) in [5.41, 5.74) is 1.13. The van der Waals surface area contributed by atoms with Crippen LogP contribution in [0.2, 0.25) is 0 Å². The van der Waals surface area contributed by atoms with E-state index in [1.807, 2.05) is 30.3 Å². The summed E-state index contributed by atoms with van der Waals surface area (Å²) in [7, 11) is 1.90. The van der Waals surface area contributed by atoms with E-state index in [0.717, 1.165) is 18.7 Å². The second-order valence-electron chi connectivity index (χ2n) is 4.04. The van der Waals surface area contributed by atoms with Crippen LogP contribution in [0.3, 0.4) is 0 Å². The quantitative estimate of drug-likeness (QED) is 0.839. The highest BCUT2D eigenvalue weighted by Crippen LogP contribution is 2.21. The molecule has 0 radical (unpaired) electrons. The Labute approximate surface area is 94.1 Å². The van der Waals surface area contributed by atoms with Gasteiger partial charge >= 0.3 is 0 Å². The van der Waals surface area contributed by atoms with Crippen molar-refractivity contribution in [1.82, 2.24) is 10.2 Å². The molecule has 0 saturated carbocycles. The van der Waals surface area contributed by atoms with Gasteiger partial charge in [0.1, 0.15) is 0 Å². The molecule has 1 aliphatic rings. The van der Waals surface area contributed by atoms with Crippen LogP contribution >= 0.6 is 11.3 Å². The maximum Gasteiger partial charge on any atom is 0.229 e. The predicted molar refractivity (Wildman–Crippen MR) is 62.2 cm³/mol. The minimum absolute atomic E-state index is 0.0122. The number of hydrogen-bond acceptors (Lipinski definition) is 3. The second-order valence-corrected chi connectivity index (χ2v) is 4.82. The Morgan fingerprint density at radius 3 is 2.87 bits per heavy atom. The molecule has 2 rings (SSSR count). The minimum Gasteiger partial charge on any atom is -0.340 e. The maximum absolute atomic E-state index is 12.1. The first-order valence-electron chi connectivity index (χ1n) is 5.19. The van der Waals surface area contributed by atoms with Crippen molar-refractivity contribution in [2.45, 2.75) is 18.9 Å². The van der Waals surface area contributed by atoms with Gasteiger partial charge in [0, 0.05) is 20.1 Å². The number of rotatable bonds is 3. The highest BCUT2D eigenvalue weighted by atomic mass is 32.1. The van der Waals surface area contributed by atoms with Crippen LogP contribution in [0.1, 0.15) is 18.4 Å². The van der Waals surface area contributed by atoms with Gasteiger partial charge in [-0.2, -0.15) is 11.3 Å². The van der Waals surface area contributed by atoms with Gasteiger partial charge in [-0.15, -0.1) is 0 Å². The summed E-state index contributed by atoms with van der Waals surface area (Å²) in [5, 5.41) is 7.25. The molecule has 2 heterocycles. The first-order chi connectivity index (χ1) is 7.20. The first kappa shape index (κ1) is 10.6. The van der Waals surface area contributed by atoms with E-state index >= 15 is 0 Å². The zero-order valence-electron chi connectivity index (χ0n) is 9.06. The van der Waals surface area contributed by atoms with Gasteiger partial charge in [0.2, 0.25) is 5.91 Å². The molecule has 1 saturated heterocycles. The summed E-state index contributed by atoms with van der Waals surface area (Å²) >= 11 is 1.64. The normalized spacial score (nSPS) is 18.3. The van der Waals surface area contributed by atoms with Crippen LogP contribution in [-0.4, -0.2) is 37.0 Å². The van der Waals surface area contributed by atoms with Gasteiger partial charge in [-0.1, -0.05) is 0 Å². The molecule has 1 N–H and O–H groups in total. The fourth-order valence-corrected chi connectivity index (χ4v) is 2.45. The number of carbonyl (C=O) groups is 1. The molecule has 0 aliphatic carbocycles. The van der Waals surface area contributed by atoms with Crippen molar-refractivity contribution in [2.24, 2.45) is 0 Å². The number of hydrogen-bond donors (Lipinski definition) is 1. The third-order valence-corrected chi connectivity index (χ3v) is 3.77. The topological polar surface area (TPSA) is 32.3 Å². The molecule has 3 nitrogen and oxygen atoms in total. The van der Waals surface area contributed by atoms with Crippen molar-refractivity contribution >= 4 is 17.2 Å². The second kappa shape index (κ2) is 4.33. The van der Waals surface area contributed by atoms with Gasteiger partial charge in [0.25, 0.3) is 0 Å². The van der Waals surface area contributed by atoms with Crippen LogP contribution in [0.25, 0.3) is 0 Å². The number of thiophene rings is 1. The van der Waals surface area contributed by atoms with Crippen LogP contribution in [0.5, 0.6) is 0 Å². The van der Waals surface area contributed by atoms with Crippen LogP contribution in [0.15, 0.2) is 16.8 Å². The van der Waals surface area contributed by atoms with E-state index in [4.69, 9.17) is 0 Å². The Bertz CT molecular complexity index is 332. The minimum atomic E-state index is -0.0122. The predicted octanol–water partition coefficient (Wildman–Crippen LogP) is 1.28. The van der Waals surface area contributed by atoms with E-state index in [1.165, 1.54) is 0 Å². The average molecular weight is 224 g/mol. The van der Waals surface area contributed by atoms with Crippen molar-refractivity contribution < 1.29 is 4.79 Å². The van der Waals surface area contributed by atoms with E-state index in [9.17, 15) is 4.79 Å². The van der Waals surface area contributed by atoms with Gasteiger partial charge in [0.15, 0.2) is 0 Å². The molecule has 1 unspecified atom stereocenters. The molecule has 1 aromatic heterocycles. The van der Waals surface area contributed by atoms with Crippen LogP contribution in [-0.2, 0) is 4.79 Å². The van der Waals surface area contributed by atoms with E-state index in [1.54, 1.807) is 11.3 Å². The Morgan fingerprint density at radius 1 is 1.67 bits per heavy atom. The Balaban J connectivity index is 2.00. The maximum atomic E-state index is 12.1. The molecule has 82 valence electrons. The lowest BCUT2D eigenvalue weighted by Gasteiger charge is -2.36. The zero-order chi connectivity index (χ0) is 10.8. The van der Waals surface area contributed by atoms with Crippen molar-refractivity contribution in [3.8, 4) is 0 Å². The lowest BCUT2D eigenvalue weighted by atomic mass is 10.0. The van der Waals surface area contributed by atoms with Crippen LogP contribution < -0.4 is 5.32 Å². The number of likely N-dealkylation sites (N-methyl/N-ethyl adjacent to an activating group) is 1. The first-order valence-corrected chi connectivity index (χ1v) is 6.14. The summed E-state index contributed by atoms with van der Waals surface area (Å²) in [6, 6.07) is 2.42. The summed E-state index contributed by atoms with van der Waals surface area (Å²) in [6.45, 7) is 3.84. The highest BCUT2D eigenvalue weighted by Gasteiger charge is 2.28. The van der Waals surface area contributed by atoms with Gasteiger partial charge in [-0.25, -0.2) is 0 Å². The summed E-state index contributed by atoms with van der Waals surface area (Å²) in [6.07, 6.45) is 0. The molecular weight excluding hydrogens is 208 g/mol. The molecule has 0 aromatic carbocycles. The summed E-state index contributed by atoms with van der Waals surface area (Å²) in [4.78, 5) is 14.0. The Hall–Kier alpha value is -0.870. The molecule has 15 heavy (non-hydrogen) atoms.